The van der Waals surface area contributed by atoms with Gasteiger partial charge >= 0.3 is 5.97 Å². The second-order valence-electron chi connectivity index (χ2n) is 8.14. The summed E-state index contributed by atoms with van der Waals surface area (Å²) in [5.41, 5.74) is 3.75. The molecular weight excluding hydrogens is 463 g/mol. The summed E-state index contributed by atoms with van der Waals surface area (Å²) in [6.45, 7) is 1.63. The number of halogens is 2. The number of aliphatic hydroxyl groups excluding tert-OH is 1. The number of anilines is 1. The molecular formula is C25H24Cl2N2O4. The number of aromatic carboxylic acids is 1. The van der Waals surface area contributed by atoms with Crippen LogP contribution in [-0.2, 0) is 19.5 Å². The number of nitrogens with zero attached hydrogens (tertiary/aromatic N) is 2. The first-order valence-electron chi connectivity index (χ1n) is 10.7. The number of carbonyl (C=O) groups is 1. The molecule has 3 aromatic rings. The third-order valence-corrected chi connectivity index (χ3v) is 6.70. The zero-order valence-electron chi connectivity index (χ0n) is 17.9. The van der Waals surface area contributed by atoms with Crippen molar-refractivity contribution in [3.8, 4) is 0 Å². The van der Waals surface area contributed by atoms with Crippen LogP contribution >= 0.6 is 23.2 Å². The second kappa shape index (κ2) is 10.00. The van der Waals surface area contributed by atoms with Crippen molar-refractivity contribution in [2.45, 2.75) is 31.8 Å². The molecule has 2 aromatic carbocycles. The fourth-order valence-corrected chi connectivity index (χ4v) is 4.94. The van der Waals surface area contributed by atoms with E-state index in [2.05, 4.69) is 11.0 Å². The largest absolute Gasteiger partial charge is 0.478 e. The number of para-hydroxylation sites is 1. The molecule has 33 heavy (non-hydrogen) atoms. The maximum Gasteiger partial charge on any atom is 0.335 e. The van der Waals surface area contributed by atoms with E-state index in [1.807, 2.05) is 18.2 Å². The Hall–Kier alpha value is -2.80. The van der Waals surface area contributed by atoms with E-state index in [0.29, 0.717) is 36.6 Å². The molecule has 0 amide bonds. The number of fused-ring (bicyclic) bond motifs is 1. The van der Waals surface area contributed by atoms with Gasteiger partial charge in [-0.25, -0.2) is 4.79 Å². The number of aliphatic hydroxyl groups is 1. The molecule has 0 spiro atoms. The van der Waals surface area contributed by atoms with Gasteiger partial charge in [-0.3, -0.25) is 4.79 Å². The molecule has 172 valence electrons. The van der Waals surface area contributed by atoms with Crippen LogP contribution in [0.25, 0.3) is 0 Å². The summed E-state index contributed by atoms with van der Waals surface area (Å²) in [5, 5.41) is 19.0. The second-order valence-corrected chi connectivity index (χ2v) is 8.96. The minimum absolute atomic E-state index is 0.0601. The summed E-state index contributed by atoms with van der Waals surface area (Å²) in [6.07, 6.45) is 1.19. The lowest BCUT2D eigenvalue weighted by atomic mass is 9.99. The van der Waals surface area contributed by atoms with Crippen LogP contribution in [0.5, 0.6) is 0 Å². The van der Waals surface area contributed by atoms with Gasteiger partial charge in [0.15, 0.2) is 0 Å². The van der Waals surface area contributed by atoms with Crippen LogP contribution in [0.3, 0.4) is 0 Å². The molecule has 1 atom stereocenters. The topological polar surface area (TPSA) is 82.8 Å². The van der Waals surface area contributed by atoms with Gasteiger partial charge in [-0.15, -0.1) is 0 Å². The van der Waals surface area contributed by atoms with Gasteiger partial charge in [-0.1, -0.05) is 53.5 Å². The maximum absolute atomic E-state index is 12.9. The molecule has 4 rings (SSSR count). The zero-order chi connectivity index (χ0) is 23.5. The van der Waals surface area contributed by atoms with Crippen LogP contribution in [0.1, 0.15) is 39.5 Å². The van der Waals surface area contributed by atoms with Gasteiger partial charge in [-0.2, -0.15) is 0 Å². The Labute approximate surface area is 201 Å². The molecule has 1 aromatic heterocycles. The summed E-state index contributed by atoms with van der Waals surface area (Å²) >= 11 is 12.7. The number of pyridine rings is 1. The normalized spacial score (nSPS) is 15.0. The first-order chi connectivity index (χ1) is 15.9. The van der Waals surface area contributed by atoms with Crippen LogP contribution in [-0.4, -0.2) is 33.9 Å². The van der Waals surface area contributed by atoms with Crippen LogP contribution in [0, 0.1) is 0 Å². The number of aromatic nitrogens is 1. The third kappa shape index (κ3) is 4.93. The maximum atomic E-state index is 12.9. The van der Waals surface area contributed by atoms with Crippen molar-refractivity contribution in [1.82, 2.24) is 4.57 Å². The van der Waals surface area contributed by atoms with Crippen molar-refractivity contribution in [1.29, 1.82) is 0 Å². The first-order valence-corrected chi connectivity index (χ1v) is 11.5. The van der Waals surface area contributed by atoms with E-state index in [9.17, 15) is 14.7 Å². The van der Waals surface area contributed by atoms with E-state index in [0.717, 1.165) is 17.8 Å². The van der Waals surface area contributed by atoms with Crippen molar-refractivity contribution in [2.75, 3.05) is 18.1 Å². The zero-order valence-corrected chi connectivity index (χ0v) is 19.4. The highest BCUT2D eigenvalue weighted by molar-refractivity contribution is 6.34. The number of aryl methyl sites for hydroxylation is 1. The molecule has 0 radical (unpaired) electrons. The molecule has 0 bridgehead atoms. The number of benzene rings is 2. The Morgan fingerprint density at radius 3 is 2.48 bits per heavy atom. The number of hydrogen-bond donors (Lipinski definition) is 2. The summed E-state index contributed by atoms with van der Waals surface area (Å²) < 4.78 is 1.61. The molecule has 2 heterocycles. The van der Waals surface area contributed by atoms with Crippen molar-refractivity contribution >= 4 is 34.9 Å². The highest BCUT2D eigenvalue weighted by atomic mass is 35.5. The first kappa shape index (κ1) is 23.4. The Kier molecular flexibility index (Phi) is 7.08. The van der Waals surface area contributed by atoms with E-state index in [-0.39, 0.29) is 28.7 Å². The van der Waals surface area contributed by atoms with Gasteiger partial charge in [0.2, 0.25) is 0 Å². The van der Waals surface area contributed by atoms with E-state index in [1.165, 1.54) is 11.6 Å². The molecule has 8 heteroatoms. The van der Waals surface area contributed by atoms with Crippen molar-refractivity contribution < 1.29 is 15.0 Å². The van der Waals surface area contributed by atoms with Crippen LogP contribution in [0.15, 0.2) is 59.4 Å². The van der Waals surface area contributed by atoms with Crippen molar-refractivity contribution in [2.24, 2.45) is 0 Å². The predicted octanol–water partition coefficient (Wildman–Crippen LogP) is 4.58. The molecule has 1 aliphatic heterocycles. The molecule has 1 aliphatic rings. The minimum atomic E-state index is -0.980. The molecule has 1 unspecified atom stereocenters. The summed E-state index contributed by atoms with van der Waals surface area (Å²) in [4.78, 5) is 26.2. The molecule has 0 saturated carbocycles. The van der Waals surface area contributed by atoms with Crippen molar-refractivity contribution in [3.63, 3.8) is 0 Å². The lowest BCUT2D eigenvalue weighted by Gasteiger charge is -2.24. The minimum Gasteiger partial charge on any atom is -0.478 e. The summed E-state index contributed by atoms with van der Waals surface area (Å²) in [7, 11) is 0. The van der Waals surface area contributed by atoms with E-state index >= 15 is 0 Å². The number of hydrogen-bond acceptors (Lipinski definition) is 4. The smallest absolute Gasteiger partial charge is 0.335 e. The lowest BCUT2D eigenvalue weighted by molar-refractivity contribution is 0.0697. The highest BCUT2D eigenvalue weighted by Gasteiger charge is 2.29. The van der Waals surface area contributed by atoms with Gasteiger partial charge in [-0.05, 0) is 48.2 Å². The van der Waals surface area contributed by atoms with Crippen LogP contribution < -0.4 is 10.5 Å². The van der Waals surface area contributed by atoms with E-state index in [1.54, 1.807) is 28.8 Å². The summed E-state index contributed by atoms with van der Waals surface area (Å²) in [6, 6.07) is 16.2. The number of carboxylic acids is 1. The fraction of sp³-hybridized carbons (Fsp3) is 0.280. The van der Waals surface area contributed by atoms with Gasteiger partial charge in [0, 0.05) is 31.3 Å². The third-order valence-electron chi connectivity index (χ3n) is 6.11. The molecule has 0 saturated heterocycles. The Bertz CT molecular complexity index is 1220. The van der Waals surface area contributed by atoms with Gasteiger partial charge in [0.05, 0.1) is 22.8 Å². The number of carboxylic acid groups (broad SMARTS) is 1. The van der Waals surface area contributed by atoms with Crippen LogP contribution in [0.4, 0.5) is 5.69 Å². The number of rotatable bonds is 8. The molecule has 2 N–H and O–H groups in total. The standard InChI is InChI=1S/C25H24Cl2N2O4/c26-20-13-21(27)24(31)29(11-9-16-5-7-17(8-6-16)25(32)33)23(20)15-28-14-18(10-12-30)19-3-1-2-4-22(19)28/h1-8,13,18,30H,9-12,14-15H2,(H,32,33). The predicted molar refractivity (Wildman–Crippen MR) is 130 cm³/mol. The van der Waals surface area contributed by atoms with Crippen molar-refractivity contribution in [3.05, 3.63) is 97.4 Å². The highest BCUT2D eigenvalue weighted by Crippen LogP contribution is 2.39. The van der Waals surface area contributed by atoms with Gasteiger partial charge < -0.3 is 19.7 Å². The van der Waals surface area contributed by atoms with E-state index in [4.69, 9.17) is 28.3 Å². The fourth-order valence-electron chi connectivity index (χ4n) is 4.41. The average molecular weight is 487 g/mol. The molecule has 0 aliphatic carbocycles. The Morgan fingerprint density at radius 1 is 1.06 bits per heavy atom. The molecule has 6 nitrogen and oxygen atoms in total. The van der Waals surface area contributed by atoms with Crippen LogP contribution in [0.2, 0.25) is 10.0 Å². The Balaban J connectivity index is 1.62. The lowest BCUT2D eigenvalue weighted by Crippen LogP contribution is -2.30. The van der Waals surface area contributed by atoms with E-state index < -0.39 is 5.97 Å². The molecule has 0 fully saturated rings. The van der Waals surface area contributed by atoms with Gasteiger partial charge in [0.25, 0.3) is 5.56 Å². The SMILES string of the molecule is O=C(O)c1ccc(CCn2c(CN3CC(CCO)c4ccccc43)c(Cl)cc(Cl)c2=O)cc1. The van der Waals surface area contributed by atoms with Gasteiger partial charge in [0.1, 0.15) is 5.02 Å². The Morgan fingerprint density at radius 2 is 1.79 bits per heavy atom. The monoisotopic (exact) mass is 486 g/mol. The summed E-state index contributed by atoms with van der Waals surface area (Å²) in [5.74, 6) is -0.766. The average Bonchev–Trinajstić information content (AvgIpc) is 3.15. The quantitative estimate of drug-likeness (QED) is 0.486.